The van der Waals surface area contributed by atoms with Crippen molar-refractivity contribution >= 4 is 5.97 Å². The molecule has 0 aromatic heterocycles. The second-order valence-corrected chi connectivity index (χ2v) is 5.20. The third-order valence-corrected chi connectivity index (χ3v) is 3.28. The average molecular weight is 266 g/mol. The van der Waals surface area contributed by atoms with Gasteiger partial charge in [-0.05, 0) is 43.9 Å². The number of aliphatic carboxylic acids is 1. The fraction of sp³-hybridized carbons (Fsp3) is 0.533. The number of aryl methyl sites for hydroxylation is 1. The standard InChI is InChI=1S/C15H22O4/c1-6-10-7-11(9-15(2,3)14(16)17)13(19-5)8-12(10)18-4/h7-8H,6,9H2,1-5H3,(H,16,17). The highest BCUT2D eigenvalue weighted by Crippen LogP contribution is 2.33. The normalized spacial score (nSPS) is 11.2. The molecule has 1 rings (SSSR count). The van der Waals surface area contributed by atoms with Crippen molar-refractivity contribution in [1.82, 2.24) is 0 Å². The van der Waals surface area contributed by atoms with Crippen molar-refractivity contribution in [1.29, 1.82) is 0 Å². The van der Waals surface area contributed by atoms with Crippen LogP contribution in [0.5, 0.6) is 11.5 Å². The van der Waals surface area contributed by atoms with Gasteiger partial charge in [-0.1, -0.05) is 6.92 Å². The zero-order chi connectivity index (χ0) is 14.6. The SMILES string of the molecule is CCc1cc(CC(C)(C)C(=O)O)c(OC)cc1OC. The highest BCUT2D eigenvalue weighted by atomic mass is 16.5. The maximum absolute atomic E-state index is 11.2. The Morgan fingerprint density at radius 2 is 1.68 bits per heavy atom. The van der Waals surface area contributed by atoms with Gasteiger partial charge in [0.15, 0.2) is 0 Å². The lowest BCUT2D eigenvalue weighted by Gasteiger charge is -2.22. The summed E-state index contributed by atoms with van der Waals surface area (Å²) in [6.07, 6.45) is 1.25. The van der Waals surface area contributed by atoms with Crippen LogP contribution in [0.25, 0.3) is 0 Å². The Morgan fingerprint density at radius 1 is 1.16 bits per heavy atom. The number of rotatable bonds is 6. The molecule has 0 aliphatic heterocycles. The molecule has 0 radical (unpaired) electrons. The number of methoxy groups -OCH3 is 2. The van der Waals surface area contributed by atoms with Crippen molar-refractivity contribution in [3.05, 3.63) is 23.3 Å². The van der Waals surface area contributed by atoms with Crippen molar-refractivity contribution in [2.24, 2.45) is 5.41 Å². The third-order valence-electron chi connectivity index (χ3n) is 3.28. The van der Waals surface area contributed by atoms with Crippen molar-refractivity contribution in [2.45, 2.75) is 33.6 Å². The number of carboxylic acids is 1. The van der Waals surface area contributed by atoms with Gasteiger partial charge >= 0.3 is 5.97 Å². The van der Waals surface area contributed by atoms with E-state index in [1.165, 1.54) is 0 Å². The molecule has 0 unspecified atom stereocenters. The minimum Gasteiger partial charge on any atom is -0.496 e. The van der Waals surface area contributed by atoms with Gasteiger partial charge in [-0.2, -0.15) is 0 Å². The van der Waals surface area contributed by atoms with Crippen LogP contribution in [0, 0.1) is 5.41 Å². The van der Waals surface area contributed by atoms with Crippen LogP contribution >= 0.6 is 0 Å². The van der Waals surface area contributed by atoms with E-state index in [2.05, 4.69) is 0 Å². The van der Waals surface area contributed by atoms with Gasteiger partial charge in [0.1, 0.15) is 11.5 Å². The lowest BCUT2D eigenvalue weighted by Crippen LogP contribution is -2.26. The summed E-state index contributed by atoms with van der Waals surface area (Å²) >= 11 is 0. The van der Waals surface area contributed by atoms with E-state index in [9.17, 15) is 9.90 Å². The average Bonchev–Trinajstić information content (AvgIpc) is 2.37. The quantitative estimate of drug-likeness (QED) is 0.860. The first-order valence-corrected chi connectivity index (χ1v) is 6.32. The van der Waals surface area contributed by atoms with E-state index in [0.717, 1.165) is 23.3 Å². The van der Waals surface area contributed by atoms with Gasteiger partial charge in [-0.3, -0.25) is 4.79 Å². The van der Waals surface area contributed by atoms with Gasteiger partial charge in [-0.25, -0.2) is 0 Å². The van der Waals surface area contributed by atoms with E-state index in [-0.39, 0.29) is 0 Å². The molecule has 0 aliphatic rings. The summed E-state index contributed by atoms with van der Waals surface area (Å²) in [4.78, 5) is 11.2. The number of hydrogen-bond donors (Lipinski definition) is 1. The van der Waals surface area contributed by atoms with Gasteiger partial charge in [0.05, 0.1) is 19.6 Å². The molecule has 0 amide bonds. The second kappa shape index (κ2) is 5.95. The first kappa shape index (κ1) is 15.3. The number of carboxylic acid groups (broad SMARTS) is 1. The smallest absolute Gasteiger partial charge is 0.309 e. The molecule has 0 saturated carbocycles. The molecule has 1 aromatic rings. The summed E-state index contributed by atoms with van der Waals surface area (Å²) in [6, 6.07) is 3.80. The first-order chi connectivity index (χ1) is 8.85. The second-order valence-electron chi connectivity index (χ2n) is 5.20. The highest BCUT2D eigenvalue weighted by Gasteiger charge is 2.29. The van der Waals surface area contributed by atoms with Crippen LogP contribution in [0.1, 0.15) is 31.9 Å². The summed E-state index contributed by atoms with van der Waals surface area (Å²) in [5.74, 6) is 0.628. The molecule has 0 fully saturated rings. The molecule has 19 heavy (non-hydrogen) atoms. The van der Waals surface area contributed by atoms with Crippen LogP contribution < -0.4 is 9.47 Å². The van der Waals surface area contributed by atoms with E-state index in [1.807, 2.05) is 19.1 Å². The predicted octanol–water partition coefficient (Wildman–Crippen LogP) is 2.92. The van der Waals surface area contributed by atoms with Gasteiger partial charge < -0.3 is 14.6 Å². The molecule has 0 atom stereocenters. The summed E-state index contributed by atoms with van der Waals surface area (Å²) in [6.45, 7) is 5.46. The topological polar surface area (TPSA) is 55.8 Å². The molecular weight excluding hydrogens is 244 g/mol. The Morgan fingerprint density at radius 3 is 2.11 bits per heavy atom. The Balaban J connectivity index is 3.23. The first-order valence-electron chi connectivity index (χ1n) is 6.32. The number of benzene rings is 1. The number of ether oxygens (including phenoxy) is 2. The van der Waals surface area contributed by atoms with Crippen LogP contribution in [-0.4, -0.2) is 25.3 Å². The van der Waals surface area contributed by atoms with Crippen LogP contribution in [0.3, 0.4) is 0 Å². The monoisotopic (exact) mass is 266 g/mol. The molecule has 0 saturated heterocycles. The largest absolute Gasteiger partial charge is 0.496 e. The molecular formula is C15H22O4. The third kappa shape index (κ3) is 3.40. The van der Waals surface area contributed by atoms with Gasteiger partial charge in [0, 0.05) is 6.07 Å². The zero-order valence-corrected chi connectivity index (χ0v) is 12.2. The van der Waals surface area contributed by atoms with E-state index in [4.69, 9.17) is 9.47 Å². The van der Waals surface area contributed by atoms with Crippen molar-refractivity contribution in [2.75, 3.05) is 14.2 Å². The lowest BCUT2D eigenvalue weighted by atomic mass is 9.85. The van der Waals surface area contributed by atoms with Gasteiger partial charge in [0.25, 0.3) is 0 Å². The molecule has 106 valence electrons. The van der Waals surface area contributed by atoms with E-state index < -0.39 is 11.4 Å². The summed E-state index contributed by atoms with van der Waals surface area (Å²) in [5, 5.41) is 9.23. The zero-order valence-electron chi connectivity index (χ0n) is 12.2. The number of carbonyl (C=O) groups is 1. The summed E-state index contributed by atoms with van der Waals surface area (Å²) < 4.78 is 10.7. The van der Waals surface area contributed by atoms with Crippen molar-refractivity contribution in [3.8, 4) is 11.5 Å². The Labute approximate surface area is 114 Å². The number of hydrogen-bond acceptors (Lipinski definition) is 3. The highest BCUT2D eigenvalue weighted by molar-refractivity contribution is 5.74. The van der Waals surface area contributed by atoms with Crippen molar-refractivity contribution in [3.63, 3.8) is 0 Å². The fourth-order valence-corrected chi connectivity index (χ4v) is 2.00. The predicted molar refractivity (Wildman–Crippen MR) is 74.0 cm³/mol. The van der Waals surface area contributed by atoms with Crippen LogP contribution in [-0.2, 0) is 17.6 Å². The van der Waals surface area contributed by atoms with Crippen molar-refractivity contribution < 1.29 is 19.4 Å². The van der Waals surface area contributed by atoms with Crippen LogP contribution in [0.2, 0.25) is 0 Å². The van der Waals surface area contributed by atoms with E-state index in [0.29, 0.717) is 12.2 Å². The van der Waals surface area contributed by atoms with Gasteiger partial charge in [0.2, 0.25) is 0 Å². The fourth-order valence-electron chi connectivity index (χ4n) is 2.00. The molecule has 1 aromatic carbocycles. The molecule has 1 N–H and O–H groups in total. The minimum atomic E-state index is -0.827. The lowest BCUT2D eigenvalue weighted by molar-refractivity contribution is -0.146. The maximum Gasteiger partial charge on any atom is 0.309 e. The summed E-state index contributed by atoms with van der Waals surface area (Å²) in [7, 11) is 3.20. The van der Waals surface area contributed by atoms with E-state index in [1.54, 1.807) is 28.1 Å². The molecule has 0 bridgehead atoms. The Bertz CT molecular complexity index is 463. The van der Waals surface area contributed by atoms with Gasteiger partial charge in [-0.15, -0.1) is 0 Å². The molecule has 0 heterocycles. The van der Waals surface area contributed by atoms with Crippen LogP contribution in [0.15, 0.2) is 12.1 Å². The molecule has 0 aliphatic carbocycles. The minimum absolute atomic E-state index is 0.419. The summed E-state index contributed by atoms with van der Waals surface area (Å²) in [5.41, 5.74) is 1.12. The molecule has 4 heteroatoms. The van der Waals surface area contributed by atoms with Crippen LogP contribution in [0.4, 0.5) is 0 Å². The maximum atomic E-state index is 11.2. The molecule has 4 nitrogen and oxygen atoms in total. The Kier molecular flexibility index (Phi) is 4.81. The Hall–Kier alpha value is -1.71. The van der Waals surface area contributed by atoms with E-state index >= 15 is 0 Å². The molecule has 0 spiro atoms.